The summed E-state index contributed by atoms with van der Waals surface area (Å²) in [6, 6.07) is 5.91. The summed E-state index contributed by atoms with van der Waals surface area (Å²) >= 11 is 6.71. The molecule has 3 aromatic heterocycles. The molecule has 2 N–H and O–H groups in total. The minimum Gasteiger partial charge on any atom is -0.461 e. The number of benzene rings is 1. The number of hydrogen-bond donors (Lipinski definition) is 1. The Hall–Kier alpha value is -4.90. The van der Waals surface area contributed by atoms with E-state index < -0.39 is 28.8 Å². The van der Waals surface area contributed by atoms with Crippen molar-refractivity contribution in [2.75, 3.05) is 76.3 Å². The fourth-order valence-corrected chi connectivity index (χ4v) is 9.26. The van der Waals surface area contributed by atoms with Gasteiger partial charge in [0.25, 0.3) is 0 Å². The van der Waals surface area contributed by atoms with E-state index in [1.165, 1.54) is 19.1 Å². The zero-order chi connectivity index (χ0) is 41.6. The molecule has 0 bridgehead atoms. The minimum absolute atomic E-state index is 0.136. The molecule has 17 heteroatoms. The predicted molar refractivity (Wildman–Crippen MR) is 217 cm³/mol. The quantitative estimate of drug-likeness (QED) is 0.112. The Morgan fingerprint density at radius 1 is 1.14 bits per heavy atom. The van der Waals surface area contributed by atoms with E-state index >= 15 is 4.39 Å². The largest absolute Gasteiger partial charge is 0.461 e. The van der Waals surface area contributed by atoms with Gasteiger partial charge in [-0.2, -0.15) is 23.1 Å². The lowest BCUT2D eigenvalue weighted by molar-refractivity contribution is -0.137. The molecule has 0 unspecified atom stereocenters. The Morgan fingerprint density at radius 2 is 1.93 bits per heavy atom. The van der Waals surface area contributed by atoms with Crippen LogP contribution in [0, 0.1) is 12.7 Å². The van der Waals surface area contributed by atoms with Gasteiger partial charge in [-0.3, -0.25) is 19.6 Å². The number of carbonyl (C=O) groups is 1. The number of nitrogen functional groups attached to an aromatic ring is 1. The van der Waals surface area contributed by atoms with Crippen molar-refractivity contribution in [2.45, 2.75) is 57.4 Å². The molecule has 1 aromatic carbocycles. The van der Waals surface area contributed by atoms with E-state index in [9.17, 15) is 18.0 Å². The number of anilines is 2. The first kappa shape index (κ1) is 40.9. The number of pyridine rings is 2. The van der Waals surface area contributed by atoms with Crippen molar-refractivity contribution in [1.29, 1.82) is 0 Å². The number of nitrogens with two attached hydrogens (primary N) is 1. The number of aromatic nitrogens is 4. The highest BCUT2D eigenvalue weighted by Crippen LogP contribution is 2.45. The Labute approximate surface area is 344 Å². The molecule has 0 aliphatic carbocycles. The van der Waals surface area contributed by atoms with Crippen LogP contribution in [0.15, 0.2) is 48.7 Å². The van der Waals surface area contributed by atoms with Crippen LogP contribution < -0.4 is 15.4 Å². The number of amides is 1. The van der Waals surface area contributed by atoms with Crippen molar-refractivity contribution in [3.05, 3.63) is 81.9 Å². The minimum atomic E-state index is -4.89. The van der Waals surface area contributed by atoms with Crippen LogP contribution >= 0.6 is 11.6 Å². The lowest BCUT2D eigenvalue weighted by Crippen LogP contribution is -2.53. The van der Waals surface area contributed by atoms with Gasteiger partial charge < -0.3 is 25.0 Å². The number of ether oxygens (including phenoxy) is 2. The average Bonchev–Trinajstić information content (AvgIpc) is 3.71. The highest BCUT2D eigenvalue weighted by atomic mass is 35.5. The molecule has 2 atom stereocenters. The van der Waals surface area contributed by atoms with Gasteiger partial charge in [-0.1, -0.05) is 23.8 Å². The maximum absolute atomic E-state index is 17.0. The molecule has 4 aliphatic rings. The summed E-state index contributed by atoms with van der Waals surface area (Å²) in [5, 5.41) is -0.155. The number of piperazine rings is 1. The molecule has 4 saturated heterocycles. The van der Waals surface area contributed by atoms with E-state index in [2.05, 4.69) is 31.3 Å². The second kappa shape index (κ2) is 16.3. The predicted octanol–water partition coefficient (Wildman–Crippen LogP) is 6.54. The smallest absolute Gasteiger partial charge is 0.418 e. The van der Waals surface area contributed by atoms with Crippen LogP contribution in [0.1, 0.15) is 48.6 Å². The first-order chi connectivity index (χ1) is 28.2. The van der Waals surface area contributed by atoms with E-state index in [1.807, 2.05) is 24.0 Å². The number of rotatable bonds is 9. The molecule has 4 fully saturated rings. The van der Waals surface area contributed by atoms with Crippen LogP contribution in [0.4, 0.5) is 29.2 Å². The van der Waals surface area contributed by atoms with Gasteiger partial charge in [-0.25, -0.2) is 9.37 Å². The number of alkyl halides is 3. The van der Waals surface area contributed by atoms with Crippen LogP contribution in [0.2, 0.25) is 5.02 Å². The third-order valence-corrected chi connectivity index (χ3v) is 12.1. The van der Waals surface area contributed by atoms with Crippen molar-refractivity contribution >= 4 is 46.1 Å². The van der Waals surface area contributed by atoms with Gasteiger partial charge in [0.2, 0.25) is 5.91 Å². The van der Waals surface area contributed by atoms with Crippen LogP contribution in [0.25, 0.3) is 28.2 Å². The van der Waals surface area contributed by atoms with E-state index in [1.54, 1.807) is 17.2 Å². The number of morpholine rings is 1. The summed E-state index contributed by atoms with van der Waals surface area (Å²) < 4.78 is 72.2. The Balaban J connectivity index is 1.10. The third kappa shape index (κ3) is 8.32. The monoisotopic (exact) mass is 835 g/mol. The highest BCUT2D eigenvalue weighted by molar-refractivity contribution is 6.34. The molecular formula is C42H46ClF4N9O3. The molecule has 1 amide bonds. The van der Waals surface area contributed by atoms with Gasteiger partial charge in [0.15, 0.2) is 5.82 Å². The maximum Gasteiger partial charge on any atom is 0.418 e. The third-order valence-electron chi connectivity index (χ3n) is 11.8. The number of nitrogens with zero attached hydrogens (tertiary/aromatic N) is 8. The van der Waals surface area contributed by atoms with Crippen molar-refractivity contribution in [1.82, 2.24) is 34.6 Å². The van der Waals surface area contributed by atoms with E-state index in [0.717, 1.165) is 69.2 Å². The van der Waals surface area contributed by atoms with Crippen molar-refractivity contribution in [3.63, 3.8) is 0 Å². The molecule has 0 spiro atoms. The Morgan fingerprint density at radius 3 is 2.69 bits per heavy atom. The molecule has 12 nitrogen and oxygen atoms in total. The van der Waals surface area contributed by atoms with E-state index in [-0.39, 0.29) is 63.2 Å². The summed E-state index contributed by atoms with van der Waals surface area (Å²) in [5.41, 5.74) is 5.46. The van der Waals surface area contributed by atoms with Gasteiger partial charge in [-0.15, -0.1) is 0 Å². The molecule has 4 aromatic rings. The van der Waals surface area contributed by atoms with E-state index in [0.29, 0.717) is 38.5 Å². The second-order valence-corrected chi connectivity index (χ2v) is 16.4. The average molecular weight is 836 g/mol. The van der Waals surface area contributed by atoms with Crippen LogP contribution in [-0.4, -0.2) is 118 Å². The molecule has 0 saturated carbocycles. The lowest BCUT2D eigenvalue weighted by Gasteiger charge is -2.40. The maximum atomic E-state index is 17.0. The standard InChI is InChI=1S/C42H46ClF4N9O3/c1-25-20-41(8-4-10-55(41)21-25)24-59-40-51-37-30(19-31(43)34(36(37)44)38-35(42(45,46)47)26(2)17-32(48)50-38)39(52-40)56-12-11-54(22-27(56)3)33(57)6-5-29-18-28(7-9-49-29)23-53-13-15-58-16-14-53/h5-7,9,17-19,27H,1,4,8,10-16,20-24H2,2-3H3,(H2,48,50)/b6-5+/t27-,41-/m0/s1. The fourth-order valence-electron chi connectivity index (χ4n) is 8.98. The summed E-state index contributed by atoms with van der Waals surface area (Å²) in [6.07, 6.45) is 2.66. The van der Waals surface area contributed by atoms with Gasteiger partial charge in [0.1, 0.15) is 23.8 Å². The Kier molecular flexibility index (Phi) is 11.3. The molecule has 312 valence electrons. The Bertz CT molecular complexity index is 2320. The second-order valence-electron chi connectivity index (χ2n) is 16.0. The topological polar surface area (TPSA) is 126 Å². The molecule has 0 radical (unpaired) electrons. The molecule has 7 heterocycles. The molecular weight excluding hydrogens is 790 g/mol. The molecule has 4 aliphatic heterocycles. The molecule has 8 rings (SSSR count). The highest BCUT2D eigenvalue weighted by Gasteiger charge is 2.47. The number of carbonyl (C=O) groups excluding carboxylic acids is 1. The van der Waals surface area contributed by atoms with Crippen molar-refractivity contribution in [3.8, 4) is 17.3 Å². The van der Waals surface area contributed by atoms with Crippen LogP contribution in [0.3, 0.4) is 0 Å². The van der Waals surface area contributed by atoms with Crippen LogP contribution in [0.5, 0.6) is 6.01 Å². The number of hydrogen-bond acceptors (Lipinski definition) is 11. The first-order valence-electron chi connectivity index (χ1n) is 19.8. The summed E-state index contributed by atoms with van der Waals surface area (Å²) in [5.74, 6) is -1.26. The zero-order valence-electron chi connectivity index (χ0n) is 33.0. The van der Waals surface area contributed by atoms with E-state index in [4.69, 9.17) is 31.8 Å². The first-order valence-corrected chi connectivity index (χ1v) is 20.1. The number of halogens is 5. The van der Waals surface area contributed by atoms with Gasteiger partial charge in [-0.05, 0) is 81.1 Å². The molecule has 59 heavy (non-hydrogen) atoms. The number of aryl methyl sites for hydroxylation is 1. The summed E-state index contributed by atoms with van der Waals surface area (Å²) in [4.78, 5) is 39.4. The zero-order valence-corrected chi connectivity index (χ0v) is 33.8. The lowest BCUT2D eigenvalue weighted by atomic mass is 9.94. The SMILES string of the molecule is C=C1CN2CCC[C@@]2(COc2nc(N3CCN(C(=O)/C=C/c4cc(CN5CCOCC5)ccn4)C[C@@H]3C)c3cc(Cl)c(-c4nc(N)cc(C)c4C(F)(F)F)c(F)c3n2)C1. The van der Waals surface area contributed by atoms with Crippen molar-refractivity contribution in [2.24, 2.45) is 0 Å². The van der Waals surface area contributed by atoms with Crippen molar-refractivity contribution < 1.29 is 31.8 Å². The number of fused-ring (bicyclic) bond motifs is 2. The van der Waals surface area contributed by atoms with Gasteiger partial charge >= 0.3 is 12.2 Å². The summed E-state index contributed by atoms with van der Waals surface area (Å²) in [6.45, 7) is 14.0. The van der Waals surface area contributed by atoms with Crippen LogP contribution in [-0.2, 0) is 22.3 Å². The fraction of sp³-hybridized carbons (Fsp3) is 0.452. The summed E-state index contributed by atoms with van der Waals surface area (Å²) in [7, 11) is 0. The van der Waals surface area contributed by atoms with Gasteiger partial charge in [0.05, 0.1) is 46.3 Å². The normalized spacial score (nSPS) is 21.9. The van der Waals surface area contributed by atoms with Gasteiger partial charge in [0, 0.05) is 69.5 Å².